The lowest BCUT2D eigenvalue weighted by molar-refractivity contribution is -0.119. The quantitative estimate of drug-likeness (QED) is 0.782. The topological polar surface area (TPSA) is 52.3 Å². The summed E-state index contributed by atoms with van der Waals surface area (Å²) < 4.78 is 5.26. The number of ketones is 1. The van der Waals surface area contributed by atoms with Gasteiger partial charge >= 0.3 is 0 Å². The predicted octanol–water partition coefficient (Wildman–Crippen LogP) is 1.21. The van der Waals surface area contributed by atoms with Crippen LogP contribution in [0.3, 0.4) is 0 Å². The third kappa shape index (κ3) is 2.85. The minimum atomic E-state index is -0.0942. The van der Waals surface area contributed by atoms with Gasteiger partial charge in [-0.25, -0.2) is 0 Å². The maximum atomic E-state index is 10.9. The minimum Gasteiger partial charge on any atom is -0.486 e. The molecule has 3 heteroatoms. The number of hydrogen-bond donors (Lipinski definition) is 1. The molecule has 14 heavy (non-hydrogen) atoms. The molecule has 76 valence electrons. The Morgan fingerprint density at radius 1 is 1.36 bits per heavy atom. The first-order chi connectivity index (χ1) is 6.63. The molecule has 0 aliphatic carbocycles. The van der Waals surface area contributed by atoms with Gasteiger partial charge in [-0.15, -0.1) is 0 Å². The fourth-order valence-corrected chi connectivity index (χ4v) is 1.03. The lowest BCUT2D eigenvalue weighted by Gasteiger charge is -2.06. The van der Waals surface area contributed by atoms with Gasteiger partial charge in [0.25, 0.3) is 0 Å². The summed E-state index contributed by atoms with van der Waals surface area (Å²) in [6.45, 7) is 4.13. The molecule has 0 amide bonds. The van der Waals surface area contributed by atoms with Crippen molar-refractivity contribution < 1.29 is 9.53 Å². The van der Waals surface area contributed by atoms with Gasteiger partial charge in [-0.05, 0) is 37.1 Å². The molecule has 1 rings (SSSR count). The van der Waals surface area contributed by atoms with Crippen LogP contribution in [0.2, 0.25) is 0 Å². The molecule has 0 saturated heterocycles. The van der Waals surface area contributed by atoms with Gasteiger partial charge in [0.2, 0.25) is 0 Å². The number of aryl methyl sites for hydroxylation is 2. The second kappa shape index (κ2) is 4.77. The summed E-state index contributed by atoms with van der Waals surface area (Å²) in [6, 6.07) is 5.74. The molecular weight excluding hydrogens is 178 g/mol. The highest BCUT2D eigenvalue weighted by Crippen LogP contribution is 2.16. The molecule has 0 aliphatic rings. The Morgan fingerprint density at radius 3 is 2.64 bits per heavy atom. The Balaban J connectivity index is 2.60. The molecule has 1 aromatic carbocycles. The van der Waals surface area contributed by atoms with Crippen molar-refractivity contribution in [3.63, 3.8) is 0 Å². The van der Waals surface area contributed by atoms with Crippen LogP contribution in [0.15, 0.2) is 18.2 Å². The van der Waals surface area contributed by atoms with Gasteiger partial charge in [0, 0.05) is 0 Å². The van der Waals surface area contributed by atoms with Crippen LogP contribution < -0.4 is 10.5 Å². The normalized spacial score (nSPS) is 9.93. The molecule has 0 radical (unpaired) electrons. The van der Waals surface area contributed by atoms with Crippen molar-refractivity contribution >= 4 is 5.78 Å². The Morgan fingerprint density at radius 2 is 2.07 bits per heavy atom. The summed E-state index contributed by atoms with van der Waals surface area (Å²) in [5, 5.41) is 0. The first-order valence-electron chi connectivity index (χ1n) is 4.55. The summed E-state index contributed by atoms with van der Waals surface area (Å²) in [7, 11) is 0. The number of carbonyl (C=O) groups excluding carboxylic acids is 1. The number of nitrogens with two attached hydrogens (primary N) is 1. The zero-order chi connectivity index (χ0) is 10.6. The standard InChI is InChI=1S/C11H15NO2/c1-8-3-4-11(5-9(8)2)14-7-10(13)6-12/h3-5H,6-7,12H2,1-2H3. The smallest absolute Gasteiger partial charge is 0.183 e. The molecule has 0 bridgehead atoms. The van der Waals surface area contributed by atoms with Gasteiger partial charge < -0.3 is 10.5 Å². The maximum Gasteiger partial charge on any atom is 0.183 e. The molecule has 2 N–H and O–H groups in total. The monoisotopic (exact) mass is 193 g/mol. The van der Waals surface area contributed by atoms with Crippen LogP contribution in [0.5, 0.6) is 5.75 Å². The zero-order valence-corrected chi connectivity index (χ0v) is 8.54. The molecule has 0 fully saturated rings. The molecule has 0 spiro atoms. The Labute approximate surface area is 83.9 Å². The Kier molecular flexibility index (Phi) is 3.65. The molecular formula is C11H15NO2. The molecule has 0 heterocycles. The van der Waals surface area contributed by atoms with Crippen molar-refractivity contribution in [2.75, 3.05) is 13.2 Å². The average Bonchev–Trinajstić information content (AvgIpc) is 2.19. The van der Waals surface area contributed by atoms with Crippen LogP contribution in [0.4, 0.5) is 0 Å². The van der Waals surface area contributed by atoms with E-state index in [0.29, 0.717) is 0 Å². The molecule has 1 aromatic rings. The Bertz CT molecular complexity index is 334. The van der Waals surface area contributed by atoms with E-state index in [1.54, 1.807) is 0 Å². The zero-order valence-electron chi connectivity index (χ0n) is 8.54. The first kappa shape index (κ1) is 10.7. The Hall–Kier alpha value is -1.35. The molecule has 0 atom stereocenters. The van der Waals surface area contributed by atoms with E-state index in [1.807, 2.05) is 32.0 Å². The average molecular weight is 193 g/mol. The molecule has 0 aliphatic heterocycles. The van der Waals surface area contributed by atoms with Gasteiger partial charge in [0.05, 0.1) is 6.54 Å². The first-order valence-corrected chi connectivity index (χ1v) is 4.55. The predicted molar refractivity (Wildman–Crippen MR) is 55.5 cm³/mol. The number of carbonyl (C=O) groups is 1. The van der Waals surface area contributed by atoms with E-state index in [-0.39, 0.29) is 18.9 Å². The van der Waals surface area contributed by atoms with Crippen LogP contribution in [-0.4, -0.2) is 18.9 Å². The van der Waals surface area contributed by atoms with Crippen molar-refractivity contribution in [1.82, 2.24) is 0 Å². The SMILES string of the molecule is Cc1ccc(OCC(=O)CN)cc1C. The van der Waals surface area contributed by atoms with Crippen LogP contribution in [0.25, 0.3) is 0 Å². The van der Waals surface area contributed by atoms with E-state index in [9.17, 15) is 4.79 Å². The second-order valence-corrected chi connectivity index (χ2v) is 3.28. The maximum absolute atomic E-state index is 10.9. The van der Waals surface area contributed by atoms with Crippen LogP contribution in [-0.2, 0) is 4.79 Å². The van der Waals surface area contributed by atoms with E-state index in [1.165, 1.54) is 5.56 Å². The van der Waals surface area contributed by atoms with E-state index < -0.39 is 0 Å². The second-order valence-electron chi connectivity index (χ2n) is 3.28. The molecule has 0 saturated carbocycles. The highest BCUT2D eigenvalue weighted by molar-refractivity contribution is 5.81. The van der Waals surface area contributed by atoms with Gasteiger partial charge in [-0.1, -0.05) is 6.07 Å². The number of rotatable bonds is 4. The fourth-order valence-electron chi connectivity index (χ4n) is 1.03. The fraction of sp³-hybridized carbons (Fsp3) is 0.364. The third-order valence-electron chi connectivity index (χ3n) is 2.11. The number of Topliss-reactive ketones (excluding diaryl/α,β-unsaturated/α-hetero) is 1. The number of benzene rings is 1. The largest absolute Gasteiger partial charge is 0.486 e. The van der Waals surface area contributed by atoms with Crippen LogP contribution in [0, 0.1) is 13.8 Å². The van der Waals surface area contributed by atoms with E-state index >= 15 is 0 Å². The lowest BCUT2D eigenvalue weighted by atomic mass is 10.1. The summed E-state index contributed by atoms with van der Waals surface area (Å²) in [5.41, 5.74) is 7.53. The number of hydrogen-bond acceptors (Lipinski definition) is 3. The summed E-state index contributed by atoms with van der Waals surface area (Å²) in [4.78, 5) is 10.9. The summed E-state index contributed by atoms with van der Waals surface area (Å²) in [5.74, 6) is 0.623. The van der Waals surface area contributed by atoms with Crippen LogP contribution in [0.1, 0.15) is 11.1 Å². The molecule has 0 aromatic heterocycles. The minimum absolute atomic E-state index is 0.0326. The highest BCUT2D eigenvalue weighted by Gasteiger charge is 2.01. The van der Waals surface area contributed by atoms with Gasteiger partial charge in [-0.2, -0.15) is 0 Å². The van der Waals surface area contributed by atoms with Crippen molar-refractivity contribution in [2.24, 2.45) is 5.73 Å². The van der Waals surface area contributed by atoms with Crippen molar-refractivity contribution in [1.29, 1.82) is 0 Å². The molecule has 3 nitrogen and oxygen atoms in total. The van der Waals surface area contributed by atoms with Gasteiger partial charge in [-0.3, -0.25) is 4.79 Å². The van der Waals surface area contributed by atoms with Crippen molar-refractivity contribution in [3.8, 4) is 5.75 Å². The van der Waals surface area contributed by atoms with E-state index in [0.717, 1.165) is 11.3 Å². The lowest BCUT2D eigenvalue weighted by Crippen LogP contribution is -2.20. The van der Waals surface area contributed by atoms with Crippen LogP contribution >= 0.6 is 0 Å². The summed E-state index contributed by atoms with van der Waals surface area (Å²) in [6.07, 6.45) is 0. The third-order valence-corrected chi connectivity index (χ3v) is 2.11. The summed E-state index contributed by atoms with van der Waals surface area (Å²) >= 11 is 0. The van der Waals surface area contributed by atoms with E-state index in [4.69, 9.17) is 10.5 Å². The highest BCUT2D eigenvalue weighted by atomic mass is 16.5. The number of ether oxygens (including phenoxy) is 1. The van der Waals surface area contributed by atoms with Gasteiger partial charge in [0.1, 0.15) is 12.4 Å². The van der Waals surface area contributed by atoms with E-state index in [2.05, 4.69) is 0 Å². The van der Waals surface area contributed by atoms with Gasteiger partial charge in [0.15, 0.2) is 5.78 Å². The van der Waals surface area contributed by atoms with Crippen molar-refractivity contribution in [3.05, 3.63) is 29.3 Å². The molecule has 0 unspecified atom stereocenters. The van der Waals surface area contributed by atoms with Crippen molar-refractivity contribution in [2.45, 2.75) is 13.8 Å².